The predicted octanol–water partition coefficient (Wildman–Crippen LogP) is 2.46. The van der Waals surface area contributed by atoms with Crippen LogP contribution in [0.25, 0.3) is 0 Å². The lowest BCUT2D eigenvalue weighted by Gasteiger charge is -2.25. The fraction of sp³-hybridized carbons (Fsp3) is 0.500. The topological polar surface area (TPSA) is 124 Å². The molecular weight excluding hydrogens is 364 g/mol. The molecule has 2 atom stereocenters. The van der Waals surface area contributed by atoms with Crippen LogP contribution in [0.1, 0.15) is 36.6 Å². The Morgan fingerprint density at radius 2 is 2.26 bits per heavy atom. The Kier molecular flexibility index (Phi) is 5.67. The number of nitrogens with zero attached hydrogens (tertiary/aromatic N) is 3. The number of anilines is 1. The van der Waals surface area contributed by atoms with Gasteiger partial charge in [-0.05, 0) is 19.3 Å². The molecule has 0 radical (unpaired) electrons. The zero-order valence-electron chi connectivity index (χ0n) is 14.3. The third kappa shape index (κ3) is 4.80. The molecule has 0 aromatic carbocycles. The lowest BCUT2D eigenvalue weighted by Crippen LogP contribution is -2.41. The Hall–Kier alpha value is -2.98. The molecule has 2 aromatic rings. The first-order chi connectivity index (χ1) is 12.9. The Morgan fingerprint density at radius 1 is 1.44 bits per heavy atom. The van der Waals surface area contributed by atoms with Crippen LogP contribution in [0.2, 0.25) is 0 Å². The van der Waals surface area contributed by atoms with Gasteiger partial charge in [0.05, 0.1) is 19.2 Å². The van der Waals surface area contributed by atoms with Crippen LogP contribution in [0.5, 0.6) is 0 Å². The van der Waals surface area contributed by atoms with Crippen molar-refractivity contribution in [3.8, 4) is 0 Å². The summed E-state index contributed by atoms with van der Waals surface area (Å²) in [5, 5.41) is 22.2. The van der Waals surface area contributed by atoms with Gasteiger partial charge >= 0.3 is 6.09 Å². The van der Waals surface area contributed by atoms with Crippen molar-refractivity contribution in [3.05, 3.63) is 29.8 Å². The summed E-state index contributed by atoms with van der Waals surface area (Å²) in [7, 11) is 0. The highest BCUT2D eigenvalue weighted by Gasteiger charge is 2.34. The Balaban J connectivity index is 1.57. The number of carbonyl (C=O) groups is 2. The van der Waals surface area contributed by atoms with E-state index in [9.17, 15) is 18.4 Å². The molecule has 1 aliphatic carbocycles. The van der Waals surface area contributed by atoms with E-state index in [1.807, 2.05) is 0 Å². The minimum Gasteiger partial charge on any atom is -0.465 e. The molecule has 9 nitrogen and oxygen atoms in total. The van der Waals surface area contributed by atoms with Crippen LogP contribution in [-0.4, -0.2) is 56.4 Å². The molecule has 1 saturated carbocycles. The summed E-state index contributed by atoms with van der Waals surface area (Å²) < 4.78 is 30.1. The summed E-state index contributed by atoms with van der Waals surface area (Å²) in [5.41, 5.74) is 0.731. The minimum atomic E-state index is -2.71. The second-order valence-electron chi connectivity index (χ2n) is 6.40. The van der Waals surface area contributed by atoms with Gasteiger partial charge in [-0.3, -0.25) is 14.8 Å². The van der Waals surface area contributed by atoms with E-state index in [1.54, 1.807) is 12.1 Å². The molecular formula is C16H19F2N5O4. The quantitative estimate of drug-likeness (QED) is 0.675. The Morgan fingerprint density at radius 3 is 2.93 bits per heavy atom. The van der Waals surface area contributed by atoms with Crippen molar-refractivity contribution in [2.24, 2.45) is 0 Å². The minimum absolute atomic E-state index is 0.0227. The molecule has 3 rings (SSSR count). The molecule has 0 bridgehead atoms. The molecule has 1 fully saturated rings. The first kappa shape index (κ1) is 18.8. The number of aromatic nitrogens is 3. The van der Waals surface area contributed by atoms with Crippen molar-refractivity contribution < 1.29 is 28.0 Å². The van der Waals surface area contributed by atoms with Gasteiger partial charge in [0.2, 0.25) is 5.91 Å². The molecule has 0 saturated heterocycles. The highest BCUT2D eigenvalue weighted by Crippen LogP contribution is 2.37. The smallest absolute Gasteiger partial charge is 0.407 e. The van der Waals surface area contributed by atoms with Crippen molar-refractivity contribution >= 4 is 17.8 Å². The zero-order chi connectivity index (χ0) is 19.4. The Bertz CT molecular complexity index is 780. The zero-order valence-corrected chi connectivity index (χ0v) is 14.3. The lowest BCUT2D eigenvalue weighted by molar-refractivity contribution is -0.115. The number of halogens is 2. The average Bonchev–Trinajstić information content (AvgIpc) is 3.33. The first-order valence-electron chi connectivity index (χ1n) is 8.44. The van der Waals surface area contributed by atoms with Crippen molar-refractivity contribution in [3.63, 3.8) is 0 Å². The second-order valence-corrected chi connectivity index (χ2v) is 6.40. The number of H-pyrrole nitrogens is 1. The fourth-order valence-corrected chi connectivity index (χ4v) is 3.34. The van der Waals surface area contributed by atoms with Gasteiger partial charge in [-0.25, -0.2) is 13.6 Å². The number of hydrogen-bond donors (Lipinski definition) is 3. The van der Waals surface area contributed by atoms with Gasteiger partial charge in [0, 0.05) is 29.8 Å². The number of carbonyl (C=O) groups excluding carboxylic acids is 1. The summed E-state index contributed by atoms with van der Waals surface area (Å²) in [4.78, 5) is 24.0. The van der Waals surface area contributed by atoms with E-state index in [-0.39, 0.29) is 18.2 Å². The van der Waals surface area contributed by atoms with Crippen LogP contribution < -0.4 is 5.32 Å². The number of nitrogens with one attached hydrogen (secondary N) is 2. The summed E-state index contributed by atoms with van der Waals surface area (Å²) in [5.74, 6) is 0.403. The number of hydrogen-bond acceptors (Lipinski definition) is 5. The van der Waals surface area contributed by atoms with E-state index in [0.717, 1.165) is 10.6 Å². The van der Waals surface area contributed by atoms with Crippen LogP contribution in [-0.2, 0) is 11.2 Å². The van der Waals surface area contributed by atoms with Crippen LogP contribution >= 0.6 is 0 Å². The molecule has 2 heterocycles. The van der Waals surface area contributed by atoms with E-state index in [0.29, 0.717) is 30.8 Å². The standard InChI is InChI=1S/C16H19F2N5O4/c17-13(18)8-23(16(25)26)10-2-1-9(5-10)12-7-14(22-21-12)20-15(24)6-11-3-4-19-27-11/h3-4,7,9-10,13H,1-2,5-6,8H2,(H,25,26)(H2,20,21,22,24)/t9-,10+/m0/s1. The molecule has 27 heavy (non-hydrogen) atoms. The maximum atomic E-state index is 12.6. The first-order valence-corrected chi connectivity index (χ1v) is 8.44. The van der Waals surface area contributed by atoms with Gasteiger partial charge in [0.1, 0.15) is 5.76 Å². The predicted molar refractivity (Wildman–Crippen MR) is 88.5 cm³/mol. The van der Waals surface area contributed by atoms with Crippen molar-refractivity contribution in [2.45, 2.75) is 44.1 Å². The summed E-state index contributed by atoms with van der Waals surface area (Å²) in [6.07, 6.45) is -1.02. The van der Waals surface area contributed by atoms with Crippen LogP contribution in [0, 0.1) is 0 Å². The molecule has 2 aromatic heterocycles. The van der Waals surface area contributed by atoms with Crippen LogP contribution in [0.15, 0.2) is 22.9 Å². The lowest BCUT2D eigenvalue weighted by atomic mass is 10.0. The monoisotopic (exact) mass is 383 g/mol. The van der Waals surface area contributed by atoms with E-state index in [1.165, 1.54) is 6.20 Å². The summed E-state index contributed by atoms with van der Waals surface area (Å²) >= 11 is 0. The molecule has 2 amide bonds. The van der Waals surface area contributed by atoms with Gasteiger partial charge in [-0.15, -0.1) is 0 Å². The molecule has 0 aliphatic heterocycles. The van der Waals surface area contributed by atoms with Gasteiger partial charge in [-0.1, -0.05) is 5.16 Å². The van der Waals surface area contributed by atoms with E-state index >= 15 is 0 Å². The SMILES string of the molecule is O=C(Cc1ccno1)Nc1cc([C@H]2CC[C@@H](N(CC(F)F)C(=O)O)C2)[nH]n1. The van der Waals surface area contributed by atoms with Gasteiger partial charge in [-0.2, -0.15) is 5.10 Å². The maximum Gasteiger partial charge on any atom is 0.407 e. The largest absolute Gasteiger partial charge is 0.465 e. The fourth-order valence-electron chi connectivity index (χ4n) is 3.34. The van der Waals surface area contributed by atoms with E-state index in [2.05, 4.69) is 20.7 Å². The highest BCUT2D eigenvalue weighted by atomic mass is 19.3. The summed E-state index contributed by atoms with van der Waals surface area (Å²) in [6, 6.07) is 2.79. The van der Waals surface area contributed by atoms with Crippen molar-refractivity contribution in [1.82, 2.24) is 20.3 Å². The number of alkyl halides is 2. The van der Waals surface area contributed by atoms with Crippen molar-refractivity contribution in [2.75, 3.05) is 11.9 Å². The molecule has 3 N–H and O–H groups in total. The van der Waals surface area contributed by atoms with E-state index < -0.39 is 25.1 Å². The Labute approximate surface area is 152 Å². The maximum absolute atomic E-state index is 12.6. The average molecular weight is 383 g/mol. The summed E-state index contributed by atoms with van der Waals surface area (Å²) in [6.45, 7) is -0.793. The highest BCUT2D eigenvalue weighted by molar-refractivity contribution is 5.91. The van der Waals surface area contributed by atoms with Crippen LogP contribution in [0.4, 0.5) is 19.4 Å². The number of carboxylic acid groups (broad SMARTS) is 1. The number of amides is 2. The molecule has 11 heteroatoms. The van der Waals surface area contributed by atoms with Crippen LogP contribution in [0.3, 0.4) is 0 Å². The normalized spacial score (nSPS) is 19.4. The number of rotatable bonds is 7. The van der Waals surface area contributed by atoms with Crippen molar-refractivity contribution in [1.29, 1.82) is 0 Å². The third-order valence-electron chi connectivity index (χ3n) is 4.56. The third-order valence-corrected chi connectivity index (χ3v) is 4.56. The van der Waals surface area contributed by atoms with Gasteiger partial charge in [0.25, 0.3) is 6.43 Å². The van der Waals surface area contributed by atoms with Gasteiger partial charge in [0.15, 0.2) is 5.82 Å². The number of aromatic amines is 1. The van der Waals surface area contributed by atoms with E-state index in [4.69, 9.17) is 9.63 Å². The molecule has 0 spiro atoms. The molecule has 0 unspecified atom stereocenters. The second kappa shape index (κ2) is 8.14. The van der Waals surface area contributed by atoms with Gasteiger partial charge < -0.3 is 14.9 Å². The molecule has 146 valence electrons. The molecule has 1 aliphatic rings.